The van der Waals surface area contributed by atoms with Gasteiger partial charge in [-0.2, -0.15) is 0 Å². The summed E-state index contributed by atoms with van der Waals surface area (Å²) in [6, 6.07) is 9.79. The average molecular weight is 259 g/mol. The van der Waals surface area contributed by atoms with Gasteiger partial charge in [-0.25, -0.2) is 9.78 Å². The highest BCUT2D eigenvalue weighted by atomic mass is 16.5. The molecule has 2 N–H and O–H groups in total. The number of hydrogen-bond donors (Lipinski definition) is 2. The van der Waals surface area contributed by atoms with Gasteiger partial charge in [0.1, 0.15) is 12.4 Å². The zero-order valence-electron chi connectivity index (χ0n) is 10.3. The number of rotatable bonds is 4. The Labute approximate surface area is 110 Å². The Balaban J connectivity index is 2.15. The summed E-state index contributed by atoms with van der Waals surface area (Å²) in [6.45, 7) is 1.93. The molecule has 5 heteroatoms. The zero-order chi connectivity index (χ0) is 13.8. The predicted octanol–water partition coefficient (Wildman–Crippen LogP) is 2.37. The van der Waals surface area contributed by atoms with Gasteiger partial charge in [0, 0.05) is 5.69 Å². The molecule has 19 heavy (non-hydrogen) atoms. The van der Waals surface area contributed by atoms with E-state index >= 15 is 0 Å². The van der Waals surface area contributed by atoms with Crippen molar-refractivity contribution in [1.29, 1.82) is 0 Å². The fourth-order valence-electron chi connectivity index (χ4n) is 1.57. The Hall–Kier alpha value is -2.56. The lowest BCUT2D eigenvalue weighted by molar-refractivity contribution is 0.0684. The molecule has 2 aromatic rings. The van der Waals surface area contributed by atoms with Crippen molar-refractivity contribution in [1.82, 2.24) is 4.98 Å². The van der Waals surface area contributed by atoms with Gasteiger partial charge in [0.2, 0.25) is 0 Å². The number of carboxylic acids is 1. The quantitative estimate of drug-likeness (QED) is 0.881. The molecule has 98 valence electrons. The standard InChI is InChI=1S/C14H13NO4/c1-9-2-7-12(13(15-9)14(17)18)19-8-10-3-5-11(16)6-4-10/h2-7,16H,8H2,1H3,(H,17,18). The molecule has 0 aliphatic rings. The molecule has 2 rings (SSSR count). The van der Waals surface area contributed by atoms with E-state index in [-0.39, 0.29) is 23.8 Å². The number of nitrogens with zero attached hydrogens (tertiary/aromatic N) is 1. The van der Waals surface area contributed by atoms with Crippen LogP contribution in [0.4, 0.5) is 0 Å². The van der Waals surface area contributed by atoms with Crippen LogP contribution in [0.25, 0.3) is 0 Å². The summed E-state index contributed by atoms with van der Waals surface area (Å²) in [5, 5.41) is 18.2. The molecule has 1 aromatic carbocycles. The van der Waals surface area contributed by atoms with Crippen molar-refractivity contribution in [3.8, 4) is 11.5 Å². The highest BCUT2D eigenvalue weighted by Gasteiger charge is 2.13. The number of aromatic nitrogens is 1. The van der Waals surface area contributed by atoms with E-state index in [1.807, 2.05) is 0 Å². The molecular formula is C14H13NO4. The van der Waals surface area contributed by atoms with Gasteiger partial charge in [0.05, 0.1) is 0 Å². The van der Waals surface area contributed by atoms with Crippen LogP contribution in [0.3, 0.4) is 0 Å². The summed E-state index contributed by atoms with van der Waals surface area (Å²) in [6.07, 6.45) is 0. The normalized spacial score (nSPS) is 10.2. The fraction of sp³-hybridized carbons (Fsp3) is 0.143. The molecule has 0 saturated heterocycles. The van der Waals surface area contributed by atoms with E-state index in [1.165, 1.54) is 0 Å². The molecule has 0 fully saturated rings. The molecule has 0 spiro atoms. The molecule has 0 bridgehead atoms. The molecule has 0 radical (unpaired) electrons. The number of hydrogen-bond acceptors (Lipinski definition) is 4. The largest absolute Gasteiger partial charge is 0.508 e. The maximum atomic E-state index is 11.1. The zero-order valence-corrected chi connectivity index (χ0v) is 10.3. The van der Waals surface area contributed by atoms with Crippen molar-refractivity contribution in [3.05, 3.63) is 53.3 Å². The van der Waals surface area contributed by atoms with Gasteiger partial charge in [-0.1, -0.05) is 12.1 Å². The summed E-state index contributed by atoms with van der Waals surface area (Å²) in [4.78, 5) is 15.0. The van der Waals surface area contributed by atoms with Gasteiger partial charge in [-0.05, 0) is 36.8 Å². The van der Waals surface area contributed by atoms with Crippen LogP contribution >= 0.6 is 0 Å². The number of carbonyl (C=O) groups is 1. The van der Waals surface area contributed by atoms with Gasteiger partial charge >= 0.3 is 5.97 Å². The number of pyridine rings is 1. The predicted molar refractivity (Wildman–Crippen MR) is 68.4 cm³/mol. The van der Waals surface area contributed by atoms with E-state index in [1.54, 1.807) is 43.3 Å². The number of aromatic carboxylic acids is 1. The van der Waals surface area contributed by atoms with E-state index in [4.69, 9.17) is 14.9 Å². The van der Waals surface area contributed by atoms with E-state index < -0.39 is 5.97 Å². The minimum absolute atomic E-state index is 0.0984. The van der Waals surface area contributed by atoms with Crippen LogP contribution in [-0.4, -0.2) is 21.2 Å². The van der Waals surface area contributed by atoms with Crippen molar-refractivity contribution in [3.63, 3.8) is 0 Å². The molecule has 0 aliphatic heterocycles. The first-order chi connectivity index (χ1) is 9.06. The highest BCUT2D eigenvalue weighted by molar-refractivity contribution is 5.88. The Morgan fingerprint density at radius 2 is 1.89 bits per heavy atom. The van der Waals surface area contributed by atoms with Gasteiger partial charge < -0.3 is 14.9 Å². The van der Waals surface area contributed by atoms with E-state index in [0.29, 0.717) is 5.69 Å². The SMILES string of the molecule is Cc1ccc(OCc2ccc(O)cc2)c(C(=O)O)n1. The molecular weight excluding hydrogens is 246 g/mol. The molecule has 0 atom stereocenters. The van der Waals surface area contributed by atoms with E-state index in [2.05, 4.69) is 4.98 Å². The van der Waals surface area contributed by atoms with Crippen LogP contribution < -0.4 is 4.74 Å². The molecule has 0 aliphatic carbocycles. The first kappa shape index (κ1) is 12.9. The molecule has 0 unspecified atom stereocenters. The van der Waals surface area contributed by atoms with Gasteiger partial charge in [0.15, 0.2) is 11.4 Å². The van der Waals surface area contributed by atoms with Gasteiger partial charge in [-0.15, -0.1) is 0 Å². The van der Waals surface area contributed by atoms with Crippen LogP contribution in [0.15, 0.2) is 36.4 Å². The first-order valence-corrected chi connectivity index (χ1v) is 5.68. The van der Waals surface area contributed by atoms with Crippen LogP contribution in [0, 0.1) is 6.92 Å². The summed E-state index contributed by atoms with van der Waals surface area (Å²) in [5.41, 5.74) is 1.35. The lowest BCUT2D eigenvalue weighted by atomic mass is 10.2. The monoisotopic (exact) mass is 259 g/mol. The second-order valence-corrected chi connectivity index (χ2v) is 4.06. The third kappa shape index (κ3) is 3.22. The van der Waals surface area contributed by atoms with Crippen molar-refractivity contribution in [2.45, 2.75) is 13.5 Å². The molecule has 1 aromatic heterocycles. The third-order valence-corrected chi connectivity index (χ3v) is 2.53. The summed E-state index contributed by atoms with van der Waals surface area (Å²) in [7, 11) is 0. The van der Waals surface area contributed by atoms with Gasteiger partial charge in [-0.3, -0.25) is 0 Å². The van der Waals surface area contributed by atoms with E-state index in [9.17, 15) is 4.79 Å². The van der Waals surface area contributed by atoms with Crippen LogP contribution in [0.2, 0.25) is 0 Å². The van der Waals surface area contributed by atoms with Crippen molar-refractivity contribution < 1.29 is 19.7 Å². The summed E-state index contributed by atoms with van der Waals surface area (Å²) in [5.74, 6) is -0.720. The smallest absolute Gasteiger partial charge is 0.358 e. The maximum absolute atomic E-state index is 11.1. The number of benzene rings is 1. The molecule has 0 amide bonds. The summed E-state index contributed by atoms with van der Waals surface area (Å²) >= 11 is 0. The second-order valence-electron chi connectivity index (χ2n) is 4.06. The Bertz CT molecular complexity index is 593. The van der Waals surface area contributed by atoms with Crippen molar-refractivity contribution >= 4 is 5.97 Å². The third-order valence-electron chi connectivity index (χ3n) is 2.53. The first-order valence-electron chi connectivity index (χ1n) is 5.68. The molecule has 1 heterocycles. The lowest BCUT2D eigenvalue weighted by Crippen LogP contribution is -2.06. The second kappa shape index (κ2) is 5.39. The number of phenolic OH excluding ortho intramolecular Hbond substituents is 1. The minimum Gasteiger partial charge on any atom is -0.508 e. The van der Waals surface area contributed by atoms with E-state index in [0.717, 1.165) is 5.56 Å². The molecule has 0 saturated carbocycles. The highest BCUT2D eigenvalue weighted by Crippen LogP contribution is 2.19. The summed E-state index contributed by atoms with van der Waals surface area (Å²) < 4.78 is 5.45. The number of carboxylic acid groups (broad SMARTS) is 1. The van der Waals surface area contributed by atoms with Crippen LogP contribution in [0.1, 0.15) is 21.7 Å². The fourth-order valence-corrected chi connectivity index (χ4v) is 1.57. The topological polar surface area (TPSA) is 79.7 Å². The molecule has 5 nitrogen and oxygen atoms in total. The van der Waals surface area contributed by atoms with Crippen LogP contribution in [-0.2, 0) is 6.61 Å². The van der Waals surface area contributed by atoms with Crippen LogP contribution in [0.5, 0.6) is 11.5 Å². The number of aryl methyl sites for hydroxylation is 1. The van der Waals surface area contributed by atoms with Crippen molar-refractivity contribution in [2.75, 3.05) is 0 Å². The Kier molecular flexibility index (Phi) is 3.66. The van der Waals surface area contributed by atoms with Crippen molar-refractivity contribution in [2.24, 2.45) is 0 Å². The lowest BCUT2D eigenvalue weighted by Gasteiger charge is -2.09. The number of aromatic hydroxyl groups is 1. The Morgan fingerprint density at radius 1 is 1.21 bits per heavy atom. The Morgan fingerprint density at radius 3 is 2.53 bits per heavy atom. The van der Waals surface area contributed by atoms with Gasteiger partial charge in [0.25, 0.3) is 0 Å². The maximum Gasteiger partial charge on any atom is 0.358 e. The number of phenols is 1. The average Bonchev–Trinajstić information content (AvgIpc) is 2.39. The minimum atomic E-state index is -1.12. The number of ether oxygens (including phenoxy) is 1.